The summed E-state index contributed by atoms with van der Waals surface area (Å²) in [6.07, 6.45) is -7.05. The van der Waals surface area contributed by atoms with Crippen LogP contribution in [0.1, 0.15) is 35.4 Å². The van der Waals surface area contributed by atoms with Gasteiger partial charge in [0.2, 0.25) is 11.5 Å². The normalized spacial score (nSPS) is 29.3. The van der Waals surface area contributed by atoms with Crippen LogP contribution in [0, 0.1) is 0 Å². The van der Waals surface area contributed by atoms with E-state index in [4.69, 9.17) is 18.9 Å². The van der Waals surface area contributed by atoms with E-state index in [0.29, 0.717) is 0 Å². The average molecular weight is 464 g/mol. The second-order valence-corrected chi connectivity index (χ2v) is 7.97. The molecule has 0 spiro atoms. The zero-order chi connectivity index (χ0) is 24.0. The fourth-order valence-electron chi connectivity index (χ4n) is 3.99. The van der Waals surface area contributed by atoms with Gasteiger partial charge in [-0.1, -0.05) is 0 Å². The van der Waals surface area contributed by atoms with Crippen molar-refractivity contribution in [2.24, 2.45) is 0 Å². The molecule has 0 radical (unpaired) electrons. The Bertz CT molecular complexity index is 1050. The Labute approximate surface area is 188 Å². The predicted octanol–water partition coefficient (Wildman–Crippen LogP) is 1.08. The summed E-state index contributed by atoms with van der Waals surface area (Å²) in [5.41, 5.74) is -0.148. The van der Waals surface area contributed by atoms with E-state index in [1.165, 1.54) is 19.2 Å². The van der Waals surface area contributed by atoms with Crippen LogP contribution in [-0.4, -0.2) is 74.2 Å². The number of aromatic hydroxyl groups is 4. The molecule has 178 valence electrons. The first-order valence-electron chi connectivity index (χ1n) is 10.1. The van der Waals surface area contributed by atoms with E-state index in [2.05, 4.69) is 0 Å². The number of methoxy groups -OCH3 is 1. The van der Waals surface area contributed by atoms with Crippen LogP contribution < -0.4 is 9.47 Å². The quantitative estimate of drug-likeness (QED) is 0.382. The van der Waals surface area contributed by atoms with Crippen LogP contribution in [0.25, 0.3) is 0 Å². The molecule has 1 saturated heterocycles. The van der Waals surface area contributed by atoms with Crippen LogP contribution in [0.15, 0.2) is 24.3 Å². The number of hydrogen-bond donors (Lipinski definition) is 6. The number of benzene rings is 2. The molecule has 4 rings (SSSR count). The molecule has 0 unspecified atom stereocenters. The van der Waals surface area contributed by atoms with E-state index >= 15 is 0 Å². The number of hydrogen-bond acceptors (Lipinski definition) is 11. The van der Waals surface area contributed by atoms with Crippen molar-refractivity contribution in [1.29, 1.82) is 0 Å². The van der Waals surface area contributed by atoms with Gasteiger partial charge >= 0.3 is 0 Å². The van der Waals surface area contributed by atoms with Gasteiger partial charge in [0, 0.05) is 24.1 Å². The zero-order valence-electron chi connectivity index (χ0n) is 17.7. The summed E-state index contributed by atoms with van der Waals surface area (Å²) in [7, 11) is 1.25. The number of aliphatic hydroxyl groups excluding tert-OH is 2. The van der Waals surface area contributed by atoms with Gasteiger partial charge in [0.15, 0.2) is 30.0 Å². The molecule has 6 N–H and O–H groups in total. The molecule has 2 aromatic carbocycles. The number of ketones is 1. The number of rotatable bonds is 4. The Balaban J connectivity index is 1.77. The maximum atomic E-state index is 13.4. The van der Waals surface area contributed by atoms with Crippen LogP contribution in [0.3, 0.4) is 0 Å². The second kappa shape index (κ2) is 8.60. The number of fused-ring (bicyclic) bond motifs is 1. The Kier molecular flexibility index (Phi) is 5.97. The van der Waals surface area contributed by atoms with Gasteiger partial charge in [0.1, 0.15) is 28.9 Å². The molecule has 0 saturated carbocycles. The molecule has 2 aliphatic rings. The van der Waals surface area contributed by atoms with Crippen molar-refractivity contribution >= 4 is 5.78 Å². The van der Waals surface area contributed by atoms with Crippen LogP contribution in [0.5, 0.6) is 34.5 Å². The first-order chi connectivity index (χ1) is 15.6. The third-order valence-corrected chi connectivity index (χ3v) is 5.67. The third kappa shape index (κ3) is 4.11. The minimum atomic E-state index is -1.50. The highest BCUT2D eigenvalue weighted by molar-refractivity contribution is 6.05. The fourth-order valence-corrected chi connectivity index (χ4v) is 3.99. The molecule has 1 fully saturated rings. The zero-order valence-corrected chi connectivity index (χ0v) is 17.7. The second-order valence-electron chi connectivity index (χ2n) is 7.97. The summed E-state index contributed by atoms with van der Waals surface area (Å²) in [6.45, 7) is 1.58. The van der Waals surface area contributed by atoms with Gasteiger partial charge in [-0.15, -0.1) is 0 Å². The maximum absolute atomic E-state index is 13.4. The molecule has 33 heavy (non-hydrogen) atoms. The summed E-state index contributed by atoms with van der Waals surface area (Å²) in [4.78, 5) is 13.4. The van der Waals surface area contributed by atoms with Gasteiger partial charge in [0.05, 0.1) is 19.3 Å². The highest BCUT2D eigenvalue weighted by Crippen LogP contribution is 2.46. The Morgan fingerprint density at radius 3 is 2.27 bits per heavy atom. The monoisotopic (exact) mass is 464 g/mol. The van der Waals surface area contributed by atoms with E-state index in [0.717, 1.165) is 12.1 Å². The SMILES string of the molecule is COc1c(O)cc([C@H]2Oc3cc(O)cc(O)c3C(=O)[C@@H]2O[C@@H]2O[C@@H](C)[C@@H](O)C[C@@H]2O)cc1O. The molecular formula is C22H24O11. The summed E-state index contributed by atoms with van der Waals surface area (Å²) < 4.78 is 22.1. The highest BCUT2D eigenvalue weighted by atomic mass is 16.7. The highest BCUT2D eigenvalue weighted by Gasteiger charge is 2.45. The van der Waals surface area contributed by atoms with Crippen LogP contribution in [-0.2, 0) is 9.47 Å². The fraction of sp³-hybridized carbons (Fsp3) is 0.409. The minimum absolute atomic E-state index is 0.0575. The largest absolute Gasteiger partial charge is 0.508 e. The van der Waals surface area contributed by atoms with E-state index in [1.807, 2.05) is 0 Å². The van der Waals surface area contributed by atoms with Gasteiger partial charge in [0.25, 0.3) is 0 Å². The van der Waals surface area contributed by atoms with Gasteiger partial charge in [-0.05, 0) is 19.1 Å². The summed E-state index contributed by atoms with van der Waals surface area (Å²) >= 11 is 0. The lowest BCUT2D eigenvalue weighted by Gasteiger charge is -2.40. The number of phenolic OH excluding ortho intramolecular Hbond substituents is 4. The van der Waals surface area contributed by atoms with E-state index in [-0.39, 0.29) is 34.8 Å². The number of ether oxygens (including phenoxy) is 4. The molecule has 2 heterocycles. The molecule has 2 aromatic rings. The van der Waals surface area contributed by atoms with Crippen LogP contribution >= 0.6 is 0 Å². The summed E-state index contributed by atoms with van der Waals surface area (Å²) in [5, 5.41) is 60.8. The van der Waals surface area contributed by atoms with Gasteiger partial charge in [-0.25, -0.2) is 0 Å². The third-order valence-electron chi connectivity index (χ3n) is 5.67. The molecule has 0 aromatic heterocycles. The molecule has 0 bridgehead atoms. The van der Waals surface area contributed by atoms with Crippen molar-refractivity contribution in [3.05, 3.63) is 35.4 Å². The molecule has 11 heteroatoms. The van der Waals surface area contributed by atoms with Crippen molar-refractivity contribution in [2.45, 2.75) is 50.2 Å². The van der Waals surface area contributed by atoms with Crippen LogP contribution in [0.2, 0.25) is 0 Å². The minimum Gasteiger partial charge on any atom is -0.508 e. The number of carbonyl (C=O) groups excluding carboxylic acids is 1. The first kappa shape index (κ1) is 22.9. The average Bonchev–Trinajstić information content (AvgIpc) is 2.72. The van der Waals surface area contributed by atoms with Crippen molar-refractivity contribution < 1.29 is 54.4 Å². The molecule has 6 atom stereocenters. The number of phenols is 4. The van der Waals surface area contributed by atoms with Gasteiger partial charge < -0.3 is 49.6 Å². The van der Waals surface area contributed by atoms with Crippen molar-refractivity contribution in [3.8, 4) is 34.5 Å². The molecule has 0 amide bonds. The van der Waals surface area contributed by atoms with E-state index in [9.17, 15) is 35.4 Å². The summed E-state index contributed by atoms with van der Waals surface area (Å²) in [6, 6.07) is 4.49. The van der Waals surface area contributed by atoms with Crippen LogP contribution in [0.4, 0.5) is 0 Å². The summed E-state index contributed by atoms with van der Waals surface area (Å²) in [5.74, 6) is -2.85. The van der Waals surface area contributed by atoms with Gasteiger partial charge in [-0.3, -0.25) is 4.79 Å². The Hall–Kier alpha value is -3.25. The molecule has 11 nitrogen and oxygen atoms in total. The lowest BCUT2D eigenvalue weighted by Crippen LogP contribution is -2.51. The first-order valence-corrected chi connectivity index (χ1v) is 10.1. The topological polar surface area (TPSA) is 175 Å². The smallest absolute Gasteiger partial charge is 0.203 e. The standard InChI is InChI=1S/C22H24O11/c1-8-11(24)7-15(28)22(31-8)33-21-18(29)17-12(25)5-10(23)6-16(17)32-19(21)9-3-13(26)20(30-2)14(27)4-9/h3-6,8,11,15,19,21-28H,7H2,1-2H3/t8-,11-,15-,19+,21-,22-/m0/s1. The molecule has 0 aliphatic carbocycles. The Morgan fingerprint density at radius 1 is 0.970 bits per heavy atom. The number of Topliss-reactive ketones (excluding diaryl/α,β-unsaturated/α-hetero) is 1. The van der Waals surface area contributed by atoms with Crippen molar-refractivity contribution in [3.63, 3.8) is 0 Å². The number of aliphatic hydroxyl groups is 2. The molecule has 2 aliphatic heterocycles. The lowest BCUT2D eigenvalue weighted by molar-refractivity contribution is -0.276. The predicted molar refractivity (Wildman–Crippen MR) is 110 cm³/mol. The molecular weight excluding hydrogens is 440 g/mol. The van der Waals surface area contributed by atoms with Crippen molar-refractivity contribution in [1.82, 2.24) is 0 Å². The van der Waals surface area contributed by atoms with E-state index in [1.54, 1.807) is 6.92 Å². The Morgan fingerprint density at radius 2 is 1.64 bits per heavy atom. The lowest BCUT2D eigenvalue weighted by atomic mass is 9.92. The van der Waals surface area contributed by atoms with Gasteiger partial charge in [-0.2, -0.15) is 0 Å². The maximum Gasteiger partial charge on any atom is 0.203 e. The van der Waals surface area contributed by atoms with E-state index < -0.39 is 59.8 Å². The number of carbonyl (C=O) groups is 1. The van der Waals surface area contributed by atoms with Crippen molar-refractivity contribution in [2.75, 3.05) is 7.11 Å².